The van der Waals surface area contributed by atoms with Crippen LogP contribution in [0, 0.1) is 10.1 Å². The quantitative estimate of drug-likeness (QED) is 0.630. The van der Waals surface area contributed by atoms with E-state index in [-0.39, 0.29) is 17.5 Å². The van der Waals surface area contributed by atoms with Crippen LogP contribution in [-0.2, 0) is 10.8 Å². The summed E-state index contributed by atoms with van der Waals surface area (Å²) in [5, 5.41) is 13.8. The maximum absolute atomic E-state index is 11.1. The van der Waals surface area contributed by atoms with Gasteiger partial charge in [0.2, 0.25) is 0 Å². The molecule has 0 radical (unpaired) electrons. The van der Waals surface area contributed by atoms with E-state index in [0.717, 1.165) is 0 Å². The maximum atomic E-state index is 11.1. The van der Waals surface area contributed by atoms with Crippen LogP contribution in [0.15, 0.2) is 18.2 Å². The Kier molecular flexibility index (Phi) is 5.08. The summed E-state index contributed by atoms with van der Waals surface area (Å²) >= 11 is 0. The van der Waals surface area contributed by atoms with Gasteiger partial charge in [-0.3, -0.25) is 14.3 Å². The summed E-state index contributed by atoms with van der Waals surface area (Å²) in [6, 6.07) is 4.57. The molecule has 0 aliphatic rings. The Morgan fingerprint density at radius 2 is 2.22 bits per heavy atom. The highest BCUT2D eigenvalue weighted by Gasteiger charge is 2.15. The lowest BCUT2D eigenvalue weighted by atomic mass is 10.2. The first kappa shape index (κ1) is 14.4. The molecule has 0 aliphatic carbocycles. The predicted octanol–water partition coefficient (Wildman–Crippen LogP) is 1.78. The molecule has 6 nitrogen and oxygen atoms in total. The molecule has 0 spiro atoms. The van der Waals surface area contributed by atoms with E-state index in [0.29, 0.717) is 11.4 Å². The number of hydrogen-bond acceptors (Lipinski definition) is 5. The van der Waals surface area contributed by atoms with Crippen LogP contribution < -0.4 is 10.1 Å². The van der Waals surface area contributed by atoms with Crippen LogP contribution in [0.4, 0.5) is 11.4 Å². The third kappa shape index (κ3) is 3.99. The average Bonchev–Trinajstić information content (AvgIpc) is 2.27. The maximum Gasteiger partial charge on any atom is 0.311 e. The smallest absolute Gasteiger partial charge is 0.311 e. The first-order valence-corrected chi connectivity index (χ1v) is 7.05. The summed E-state index contributed by atoms with van der Waals surface area (Å²) in [5.41, 5.74) is 0.630. The summed E-state index contributed by atoms with van der Waals surface area (Å²) < 4.78 is 16.0. The zero-order valence-electron chi connectivity index (χ0n) is 10.5. The minimum Gasteiger partial charge on any atom is -0.490 e. The Hall–Kier alpha value is -1.63. The molecule has 0 amide bonds. The van der Waals surface area contributed by atoms with Gasteiger partial charge < -0.3 is 10.1 Å². The van der Waals surface area contributed by atoms with Gasteiger partial charge in [0.1, 0.15) is 0 Å². The van der Waals surface area contributed by atoms with Gasteiger partial charge in [0.25, 0.3) is 0 Å². The second kappa shape index (κ2) is 6.34. The fraction of sp³-hybridized carbons (Fsp3) is 0.455. The van der Waals surface area contributed by atoms with Gasteiger partial charge in [0.05, 0.1) is 12.0 Å². The molecule has 0 heterocycles. The van der Waals surface area contributed by atoms with Gasteiger partial charge in [-0.1, -0.05) is 0 Å². The molecule has 2 unspecified atom stereocenters. The summed E-state index contributed by atoms with van der Waals surface area (Å²) in [6.45, 7) is 1.90. The molecule has 100 valence electrons. The van der Waals surface area contributed by atoms with E-state index in [1.54, 1.807) is 18.4 Å². The van der Waals surface area contributed by atoms with Gasteiger partial charge >= 0.3 is 5.69 Å². The number of ether oxygens (including phenoxy) is 1. The SMILES string of the molecule is COc1cc(NC(C)CS(C)=O)ccc1[N+](=O)[O-]. The second-order valence-corrected chi connectivity index (χ2v) is 5.41. The second-order valence-electron chi connectivity index (χ2n) is 3.93. The summed E-state index contributed by atoms with van der Waals surface area (Å²) in [5.74, 6) is 0.717. The molecule has 0 saturated heterocycles. The Labute approximate surface area is 108 Å². The lowest BCUT2D eigenvalue weighted by Crippen LogP contribution is -2.22. The first-order valence-electron chi connectivity index (χ1n) is 5.33. The molecule has 0 saturated carbocycles. The van der Waals surface area contributed by atoms with E-state index in [2.05, 4.69) is 5.32 Å². The van der Waals surface area contributed by atoms with Crippen LogP contribution in [-0.4, -0.2) is 34.3 Å². The van der Waals surface area contributed by atoms with Crippen LogP contribution in [0.5, 0.6) is 5.75 Å². The number of nitro benzene ring substituents is 1. The van der Waals surface area contributed by atoms with Crippen molar-refractivity contribution in [2.75, 3.05) is 24.4 Å². The molecule has 18 heavy (non-hydrogen) atoms. The predicted molar refractivity (Wildman–Crippen MR) is 71.7 cm³/mol. The van der Waals surface area contributed by atoms with E-state index >= 15 is 0 Å². The van der Waals surface area contributed by atoms with Crippen molar-refractivity contribution in [3.8, 4) is 5.75 Å². The Morgan fingerprint density at radius 1 is 1.56 bits per heavy atom. The largest absolute Gasteiger partial charge is 0.490 e. The molecule has 1 rings (SSSR count). The Bertz CT molecular complexity index is 464. The standard InChI is InChI=1S/C11H16N2O4S/c1-8(7-18(3)16)12-9-4-5-10(13(14)15)11(6-9)17-2/h4-6,8,12H,7H2,1-3H3. The minimum absolute atomic E-state index is 0.0157. The number of rotatable bonds is 6. The number of nitro groups is 1. The summed E-state index contributed by atoms with van der Waals surface area (Å²) in [6.07, 6.45) is 1.63. The van der Waals surface area contributed by atoms with Gasteiger partial charge in [0, 0.05) is 46.7 Å². The Balaban J connectivity index is 2.85. The van der Waals surface area contributed by atoms with Crippen molar-refractivity contribution >= 4 is 22.2 Å². The third-order valence-corrected chi connectivity index (χ3v) is 3.24. The molecule has 1 aromatic carbocycles. The van der Waals surface area contributed by atoms with Crippen molar-refractivity contribution in [1.29, 1.82) is 0 Å². The number of hydrogen-bond donors (Lipinski definition) is 1. The number of anilines is 1. The van der Waals surface area contributed by atoms with Crippen molar-refractivity contribution in [1.82, 2.24) is 0 Å². The van der Waals surface area contributed by atoms with Crippen molar-refractivity contribution in [3.05, 3.63) is 28.3 Å². The van der Waals surface area contributed by atoms with Crippen LogP contribution in [0.2, 0.25) is 0 Å². The fourth-order valence-electron chi connectivity index (χ4n) is 1.60. The minimum atomic E-state index is -0.890. The molecule has 0 aliphatic heterocycles. The van der Waals surface area contributed by atoms with Gasteiger partial charge in [-0.25, -0.2) is 0 Å². The van der Waals surface area contributed by atoms with E-state index in [4.69, 9.17) is 4.74 Å². The van der Waals surface area contributed by atoms with Gasteiger partial charge in [-0.2, -0.15) is 0 Å². The number of nitrogens with zero attached hydrogens (tertiary/aromatic N) is 1. The average molecular weight is 272 g/mol. The van der Waals surface area contributed by atoms with E-state index in [9.17, 15) is 14.3 Å². The van der Waals surface area contributed by atoms with Crippen LogP contribution in [0.1, 0.15) is 6.92 Å². The summed E-state index contributed by atoms with van der Waals surface area (Å²) in [4.78, 5) is 10.2. The highest BCUT2D eigenvalue weighted by Crippen LogP contribution is 2.29. The number of methoxy groups -OCH3 is 1. The molecule has 0 bridgehead atoms. The van der Waals surface area contributed by atoms with Crippen molar-refractivity contribution in [3.63, 3.8) is 0 Å². The first-order chi connectivity index (χ1) is 8.43. The molecule has 7 heteroatoms. The molecule has 1 aromatic rings. The molecule has 2 atom stereocenters. The lowest BCUT2D eigenvalue weighted by molar-refractivity contribution is -0.385. The highest BCUT2D eigenvalue weighted by atomic mass is 32.2. The molecule has 0 aromatic heterocycles. The van der Waals surface area contributed by atoms with Crippen molar-refractivity contribution in [2.24, 2.45) is 0 Å². The van der Waals surface area contributed by atoms with Crippen molar-refractivity contribution < 1.29 is 13.9 Å². The van der Waals surface area contributed by atoms with E-state index in [1.807, 2.05) is 6.92 Å². The van der Waals surface area contributed by atoms with Crippen LogP contribution in [0.25, 0.3) is 0 Å². The molecular formula is C11H16N2O4S. The summed E-state index contributed by atoms with van der Waals surface area (Å²) in [7, 11) is 0.495. The van der Waals surface area contributed by atoms with Gasteiger partial charge in [-0.15, -0.1) is 0 Å². The molecule has 1 N–H and O–H groups in total. The topological polar surface area (TPSA) is 81.5 Å². The molecule has 0 fully saturated rings. The Morgan fingerprint density at radius 3 is 2.72 bits per heavy atom. The zero-order chi connectivity index (χ0) is 13.7. The van der Waals surface area contributed by atoms with Crippen molar-refractivity contribution in [2.45, 2.75) is 13.0 Å². The monoisotopic (exact) mass is 272 g/mol. The van der Waals surface area contributed by atoms with Gasteiger partial charge in [0.15, 0.2) is 5.75 Å². The fourth-order valence-corrected chi connectivity index (χ4v) is 2.38. The normalized spacial score (nSPS) is 13.7. The zero-order valence-corrected chi connectivity index (χ0v) is 11.3. The van der Waals surface area contributed by atoms with Crippen LogP contribution >= 0.6 is 0 Å². The van der Waals surface area contributed by atoms with Gasteiger partial charge in [-0.05, 0) is 13.0 Å². The highest BCUT2D eigenvalue weighted by molar-refractivity contribution is 7.84. The number of benzene rings is 1. The number of nitrogens with one attached hydrogen (secondary N) is 1. The molecular weight excluding hydrogens is 256 g/mol. The third-order valence-electron chi connectivity index (χ3n) is 2.27. The lowest BCUT2D eigenvalue weighted by Gasteiger charge is -2.14. The van der Waals surface area contributed by atoms with E-state index in [1.165, 1.54) is 13.2 Å². The van der Waals surface area contributed by atoms with E-state index < -0.39 is 15.7 Å². The van der Waals surface area contributed by atoms with Crippen LogP contribution in [0.3, 0.4) is 0 Å².